The summed E-state index contributed by atoms with van der Waals surface area (Å²) in [6, 6.07) is 4.51. The Kier molecular flexibility index (Phi) is 8.21. The first kappa shape index (κ1) is 25.6. The van der Waals surface area contributed by atoms with Crippen LogP contribution in [-0.2, 0) is 0 Å². The quantitative estimate of drug-likeness (QED) is 0.229. The Morgan fingerprint density at radius 1 is 1.09 bits per heavy atom. The van der Waals surface area contributed by atoms with Gasteiger partial charge in [-0.3, -0.25) is 4.98 Å². The van der Waals surface area contributed by atoms with Gasteiger partial charge in [0.2, 0.25) is 0 Å². The summed E-state index contributed by atoms with van der Waals surface area (Å²) in [4.78, 5) is 12.1. The van der Waals surface area contributed by atoms with Crippen LogP contribution < -0.4 is 15.4 Å². The van der Waals surface area contributed by atoms with Crippen LogP contribution in [0.1, 0.15) is 13.3 Å². The van der Waals surface area contributed by atoms with Gasteiger partial charge in [0.05, 0.1) is 17.7 Å². The second-order valence-electron chi connectivity index (χ2n) is 7.25. The van der Waals surface area contributed by atoms with Gasteiger partial charge in [0, 0.05) is 18.3 Å². The lowest BCUT2D eigenvalue weighted by molar-refractivity contribution is -0.138. The molecule has 0 unspecified atom stereocenters. The largest absolute Gasteiger partial charge is 0.493 e. The molecule has 0 aliphatic heterocycles. The monoisotopic (exact) mass is 501 g/mol. The predicted molar refractivity (Wildman–Crippen MR) is 119 cm³/mol. The van der Waals surface area contributed by atoms with Gasteiger partial charge in [0.25, 0.3) is 0 Å². The molecule has 34 heavy (non-hydrogen) atoms. The second kappa shape index (κ2) is 10.9. The van der Waals surface area contributed by atoms with Crippen molar-refractivity contribution in [3.05, 3.63) is 53.3 Å². The molecule has 0 amide bonds. The van der Waals surface area contributed by atoms with Gasteiger partial charge in [-0.25, -0.2) is 18.7 Å². The van der Waals surface area contributed by atoms with E-state index in [1.807, 2.05) is 0 Å². The number of halogens is 6. The minimum absolute atomic E-state index is 0.0739. The van der Waals surface area contributed by atoms with Crippen LogP contribution in [-0.4, -0.2) is 47.4 Å². The molecule has 0 spiro atoms. The van der Waals surface area contributed by atoms with Crippen molar-refractivity contribution in [1.29, 1.82) is 0 Å². The Morgan fingerprint density at radius 3 is 2.38 bits per heavy atom. The van der Waals surface area contributed by atoms with Crippen LogP contribution in [0.15, 0.2) is 36.5 Å². The molecule has 2 heterocycles. The van der Waals surface area contributed by atoms with Crippen LogP contribution in [0.25, 0.3) is 22.6 Å². The molecule has 2 aromatic heterocycles. The number of hydrogen-bond donors (Lipinski definition) is 2. The number of aromatic nitrogens is 3. The number of nitrogens with one attached hydrogen (secondary N) is 2. The Hall–Kier alpha value is -3.05. The summed E-state index contributed by atoms with van der Waals surface area (Å²) in [5, 5.41) is 4.62. The molecule has 6 nitrogen and oxygen atoms in total. The lowest BCUT2D eigenvalue weighted by Crippen LogP contribution is -2.33. The van der Waals surface area contributed by atoms with Crippen LogP contribution >= 0.6 is 11.6 Å². The molecule has 1 atom stereocenters. The zero-order valence-corrected chi connectivity index (χ0v) is 18.9. The highest BCUT2D eigenvalue weighted by molar-refractivity contribution is 6.32. The van der Waals surface area contributed by atoms with Gasteiger partial charge >= 0.3 is 6.18 Å². The van der Waals surface area contributed by atoms with Crippen molar-refractivity contribution in [2.24, 2.45) is 0 Å². The standard InChI is InChI=1S/C22H21ClF5N5O/c1-12(22(26,27)28)31-21-18(19(23)32-20(33-21)16-6-3-4-8-30-16)17-14(24)10-13(11-15(17)25)34-9-5-7-29-2/h3-4,6,8,10-12,29H,5,7,9H2,1-2H3,(H,31,32,33)/t12-/m1/s1. The summed E-state index contributed by atoms with van der Waals surface area (Å²) in [6.45, 7) is 1.69. The maximum Gasteiger partial charge on any atom is 0.408 e. The first-order valence-electron chi connectivity index (χ1n) is 10.2. The number of nitrogens with zero attached hydrogens (tertiary/aromatic N) is 3. The number of ether oxygens (including phenoxy) is 1. The van der Waals surface area contributed by atoms with Gasteiger partial charge in [-0.05, 0) is 39.1 Å². The third-order valence-corrected chi connectivity index (χ3v) is 4.98. The summed E-state index contributed by atoms with van der Waals surface area (Å²) >= 11 is 6.25. The van der Waals surface area contributed by atoms with Crippen molar-refractivity contribution in [1.82, 2.24) is 20.3 Å². The highest BCUT2D eigenvalue weighted by Gasteiger charge is 2.37. The molecule has 2 N–H and O–H groups in total. The average molecular weight is 502 g/mol. The smallest absolute Gasteiger partial charge is 0.408 e. The fourth-order valence-electron chi connectivity index (χ4n) is 2.97. The number of anilines is 1. The molecule has 0 aliphatic carbocycles. The number of benzene rings is 1. The van der Waals surface area contributed by atoms with Crippen LogP contribution in [0.4, 0.5) is 27.8 Å². The van der Waals surface area contributed by atoms with Crippen molar-refractivity contribution < 1.29 is 26.7 Å². The highest BCUT2D eigenvalue weighted by atomic mass is 35.5. The summed E-state index contributed by atoms with van der Waals surface area (Å²) in [5.41, 5.74) is -0.920. The summed E-state index contributed by atoms with van der Waals surface area (Å²) < 4.78 is 75.2. The molecular formula is C22H21ClF5N5O. The molecule has 0 radical (unpaired) electrons. The van der Waals surface area contributed by atoms with E-state index in [1.165, 1.54) is 12.3 Å². The fourth-order valence-corrected chi connectivity index (χ4v) is 3.23. The van der Waals surface area contributed by atoms with E-state index in [4.69, 9.17) is 16.3 Å². The molecule has 0 aliphatic rings. The van der Waals surface area contributed by atoms with Crippen molar-refractivity contribution >= 4 is 17.4 Å². The van der Waals surface area contributed by atoms with E-state index >= 15 is 8.78 Å². The average Bonchev–Trinajstić information content (AvgIpc) is 2.77. The van der Waals surface area contributed by atoms with Gasteiger partial charge in [-0.1, -0.05) is 17.7 Å². The number of pyridine rings is 1. The molecule has 0 saturated heterocycles. The predicted octanol–water partition coefficient (Wildman–Crippen LogP) is 5.49. The molecule has 3 aromatic rings. The molecule has 3 rings (SSSR count). The summed E-state index contributed by atoms with van der Waals surface area (Å²) in [5.74, 6) is -2.87. The van der Waals surface area contributed by atoms with E-state index in [9.17, 15) is 13.2 Å². The highest BCUT2D eigenvalue weighted by Crippen LogP contribution is 2.40. The first-order valence-corrected chi connectivity index (χ1v) is 10.6. The van der Waals surface area contributed by atoms with Crippen LogP contribution in [0, 0.1) is 11.6 Å². The molecule has 1 aromatic carbocycles. The molecule has 0 bridgehead atoms. The number of alkyl halides is 3. The lowest BCUT2D eigenvalue weighted by Gasteiger charge is -2.21. The van der Waals surface area contributed by atoms with Crippen LogP contribution in [0.2, 0.25) is 5.15 Å². The lowest BCUT2D eigenvalue weighted by atomic mass is 10.1. The van der Waals surface area contributed by atoms with Gasteiger partial charge in [-0.2, -0.15) is 13.2 Å². The Morgan fingerprint density at radius 2 is 1.79 bits per heavy atom. The maximum atomic E-state index is 15.0. The topological polar surface area (TPSA) is 72.0 Å². The van der Waals surface area contributed by atoms with Crippen LogP contribution in [0.3, 0.4) is 0 Å². The van der Waals surface area contributed by atoms with Gasteiger partial charge in [0.1, 0.15) is 40.1 Å². The van der Waals surface area contributed by atoms with Gasteiger partial charge < -0.3 is 15.4 Å². The minimum atomic E-state index is -4.66. The van der Waals surface area contributed by atoms with Crippen molar-refractivity contribution in [2.45, 2.75) is 25.6 Å². The Labute approximate surface area is 197 Å². The summed E-state index contributed by atoms with van der Waals surface area (Å²) in [6.07, 6.45) is -2.64. The zero-order valence-electron chi connectivity index (χ0n) is 18.2. The van der Waals surface area contributed by atoms with E-state index in [0.717, 1.165) is 19.1 Å². The second-order valence-corrected chi connectivity index (χ2v) is 7.61. The summed E-state index contributed by atoms with van der Waals surface area (Å²) in [7, 11) is 1.75. The molecule has 12 heteroatoms. The van der Waals surface area contributed by atoms with Gasteiger partial charge in [-0.15, -0.1) is 0 Å². The fraction of sp³-hybridized carbons (Fsp3) is 0.318. The van der Waals surface area contributed by atoms with Crippen molar-refractivity contribution in [3.63, 3.8) is 0 Å². The Balaban J connectivity index is 2.09. The number of hydrogen-bond acceptors (Lipinski definition) is 6. The SMILES string of the molecule is CNCCCOc1cc(F)c(-c2c(Cl)nc(-c3ccccn3)nc2N[C@H](C)C(F)(F)F)c(F)c1. The normalized spacial score (nSPS) is 12.5. The van der Waals surface area contributed by atoms with E-state index < -0.39 is 46.0 Å². The molecular weight excluding hydrogens is 481 g/mol. The van der Waals surface area contributed by atoms with E-state index in [2.05, 4.69) is 25.6 Å². The minimum Gasteiger partial charge on any atom is -0.493 e. The number of rotatable bonds is 9. The van der Waals surface area contributed by atoms with Crippen molar-refractivity contribution in [3.8, 4) is 28.4 Å². The van der Waals surface area contributed by atoms with Crippen molar-refractivity contribution in [2.75, 3.05) is 25.5 Å². The van der Waals surface area contributed by atoms with E-state index in [1.54, 1.807) is 19.2 Å². The first-order chi connectivity index (χ1) is 16.1. The molecule has 0 saturated carbocycles. The molecule has 0 fully saturated rings. The third kappa shape index (κ3) is 6.09. The Bertz CT molecular complexity index is 1110. The van der Waals surface area contributed by atoms with Gasteiger partial charge in [0.15, 0.2) is 5.82 Å². The maximum absolute atomic E-state index is 15.0. The van der Waals surface area contributed by atoms with E-state index in [-0.39, 0.29) is 23.9 Å². The van der Waals surface area contributed by atoms with Crippen LogP contribution in [0.5, 0.6) is 5.75 Å². The molecule has 182 valence electrons. The van der Waals surface area contributed by atoms with E-state index in [0.29, 0.717) is 13.0 Å². The third-order valence-electron chi connectivity index (χ3n) is 4.71. The zero-order chi connectivity index (χ0) is 24.9.